The first-order valence-corrected chi connectivity index (χ1v) is 8.37. The summed E-state index contributed by atoms with van der Waals surface area (Å²) in [5.41, 5.74) is 1.12. The molecule has 0 radical (unpaired) electrons. The minimum absolute atomic E-state index is 0.0202. The Morgan fingerprint density at radius 2 is 1.79 bits per heavy atom. The second kappa shape index (κ2) is 6.54. The van der Waals surface area contributed by atoms with Crippen LogP contribution in [0.1, 0.15) is 11.7 Å². The number of rotatable bonds is 4. The van der Waals surface area contributed by atoms with E-state index in [1.54, 1.807) is 0 Å². The summed E-state index contributed by atoms with van der Waals surface area (Å²) >= 11 is 0. The van der Waals surface area contributed by atoms with Gasteiger partial charge < -0.3 is 14.8 Å². The third-order valence-corrected chi connectivity index (χ3v) is 4.58. The zero-order valence-corrected chi connectivity index (χ0v) is 13.7. The summed E-state index contributed by atoms with van der Waals surface area (Å²) in [5, 5.41) is 5.60. The minimum Gasteiger partial charge on any atom is -0.493 e. The molecule has 122 valence electrons. The normalized spacial score (nSPS) is 19.5. The molecule has 0 saturated heterocycles. The molecule has 1 N–H and O–H groups in total. The fourth-order valence-electron chi connectivity index (χ4n) is 3.41. The van der Waals surface area contributed by atoms with E-state index in [0.717, 1.165) is 29.0 Å². The number of fused-ring (bicyclic) bond motifs is 2. The van der Waals surface area contributed by atoms with Gasteiger partial charge in [0.25, 0.3) is 0 Å². The first-order chi connectivity index (χ1) is 11.9. The van der Waals surface area contributed by atoms with Crippen molar-refractivity contribution in [2.45, 2.75) is 6.10 Å². The lowest BCUT2D eigenvalue weighted by Crippen LogP contribution is -2.35. The first-order valence-electron chi connectivity index (χ1n) is 8.37. The van der Waals surface area contributed by atoms with Crippen molar-refractivity contribution in [1.29, 1.82) is 0 Å². The fraction of sp³-hybridized carbons (Fsp3) is 0.238. The van der Waals surface area contributed by atoms with Crippen LogP contribution in [0.4, 0.5) is 0 Å². The highest BCUT2D eigenvalue weighted by atomic mass is 16.5. The van der Waals surface area contributed by atoms with E-state index >= 15 is 0 Å². The van der Waals surface area contributed by atoms with Crippen LogP contribution in [0, 0.1) is 5.92 Å². The van der Waals surface area contributed by atoms with Crippen molar-refractivity contribution in [3.63, 3.8) is 0 Å². The predicted octanol–water partition coefficient (Wildman–Crippen LogP) is 4.19. The lowest BCUT2D eigenvalue weighted by Gasteiger charge is -2.34. The molecule has 0 bridgehead atoms. The van der Waals surface area contributed by atoms with Crippen LogP contribution in [-0.2, 0) is 0 Å². The molecule has 3 heteroatoms. The van der Waals surface area contributed by atoms with Crippen LogP contribution >= 0.6 is 0 Å². The van der Waals surface area contributed by atoms with Gasteiger partial charge in [-0.2, -0.15) is 0 Å². The van der Waals surface area contributed by atoms with Gasteiger partial charge in [0, 0.05) is 23.4 Å². The number of hydrogen-bond acceptors (Lipinski definition) is 3. The second-order valence-electron chi connectivity index (χ2n) is 6.18. The van der Waals surface area contributed by atoms with E-state index in [4.69, 9.17) is 9.47 Å². The van der Waals surface area contributed by atoms with Crippen molar-refractivity contribution < 1.29 is 9.47 Å². The molecule has 1 aliphatic rings. The van der Waals surface area contributed by atoms with Gasteiger partial charge >= 0.3 is 0 Å². The summed E-state index contributed by atoms with van der Waals surface area (Å²) in [4.78, 5) is 0. The van der Waals surface area contributed by atoms with Crippen molar-refractivity contribution in [2.75, 3.05) is 20.2 Å². The highest BCUT2D eigenvalue weighted by molar-refractivity contribution is 5.88. The van der Waals surface area contributed by atoms with Crippen LogP contribution in [0.3, 0.4) is 0 Å². The lowest BCUT2D eigenvalue weighted by molar-refractivity contribution is 0.0716. The average molecular weight is 319 g/mol. The lowest BCUT2D eigenvalue weighted by atomic mass is 9.92. The maximum Gasteiger partial charge on any atom is 0.135 e. The van der Waals surface area contributed by atoms with Crippen molar-refractivity contribution in [2.24, 2.45) is 5.92 Å². The van der Waals surface area contributed by atoms with Crippen LogP contribution in [0.25, 0.3) is 10.8 Å². The van der Waals surface area contributed by atoms with Crippen LogP contribution in [-0.4, -0.2) is 20.2 Å². The molecule has 1 aliphatic heterocycles. The molecule has 0 unspecified atom stereocenters. The van der Waals surface area contributed by atoms with Crippen LogP contribution in [0.2, 0.25) is 0 Å². The van der Waals surface area contributed by atoms with Crippen LogP contribution in [0.15, 0.2) is 66.7 Å². The van der Waals surface area contributed by atoms with E-state index in [-0.39, 0.29) is 12.0 Å². The molecule has 3 aromatic rings. The minimum atomic E-state index is -0.0202. The zero-order valence-electron chi connectivity index (χ0n) is 13.7. The van der Waals surface area contributed by atoms with Gasteiger partial charge in [0.15, 0.2) is 0 Å². The molecule has 3 nitrogen and oxygen atoms in total. The third-order valence-electron chi connectivity index (χ3n) is 4.58. The number of ether oxygens (including phenoxy) is 2. The molecule has 1 heterocycles. The van der Waals surface area contributed by atoms with E-state index in [1.807, 2.05) is 25.2 Å². The van der Waals surface area contributed by atoms with Crippen molar-refractivity contribution >= 4 is 10.8 Å². The molecule has 3 aromatic carbocycles. The number of para-hydroxylation sites is 1. The van der Waals surface area contributed by atoms with E-state index in [2.05, 4.69) is 53.8 Å². The predicted molar refractivity (Wildman–Crippen MR) is 96.7 cm³/mol. The highest BCUT2D eigenvalue weighted by Crippen LogP contribution is 2.39. The van der Waals surface area contributed by atoms with E-state index in [9.17, 15) is 0 Å². The SMILES string of the molecule is CNC[C@@H]1COc2ccccc2[C@@H]1Oc1cccc2ccccc12. The summed E-state index contributed by atoms with van der Waals surface area (Å²) in [6.07, 6.45) is -0.0202. The summed E-state index contributed by atoms with van der Waals surface area (Å²) in [7, 11) is 1.97. The summed E-state index contributed by atoms with van der Waals surface area (Å²) < 4.78 is 12.5. The largest absolute Gasteiger partial charge is 0.493 e. The number of hydrogen-bond donors (Lipinski definition) is 1. The smallest absolute Gasteiger partial charge is 0.135 e. The zero-order chi connectivity index (χ0) is 16.4. The Labute approximate surface area is 142 Å². The van der Waals surface area contributed by atoms with Crippen molar-refractivity contribution in [3.8, 4) is 11.5 Å². The van der Waals surface area contributed by atoms with Crippen LogP contribution in [0.5, 0.6) is 11.5 Å². The summed E-state index contributed by atoms with van der Waals surface area (Å²) in [5.74, 6) is 2.12. The maximum atomic E-state index is 6.54. The van der Waals surface area contributed by atoms with Gasteiger partial charge in [0.1, 0.15) is 17.6 Å². The van der Waals surface area contributed by atoms with Crippen LogP contribution < -0.4 is 14.8 Å². The molecule has 0 aromatic heterocycles. The quantitative estimate of drug-likeness (QED) is 0.782. The Morgan fingerprint density at radius 3 is 2.71 bits per heavy atom. The molecule has 4 rings (SSSR count). The van der Waals surface area contributed by atoms with E-state index in [1.165, 1.54) is 5.39 Å². The van der Waals surface area contributed by atoms with Gasteiger partial charge in [-0.25, -0.2) is 0 Å². The molecule has 2 atom stereocenters. The van der Waals surface area contributed by atoms with E-state index < -0.39 is 0 Å². The Hall–Kier alpha value is -2.52. The first kappa shape index (κ1) is 15.0. The highest BCUT2D eigenvalue weighted by Gasteiger charge is 2.32. The standard InChI is InChI=1S/C21H21NO2/c1-22-13-16-14-23-19-11-5-4-10-18(19)21(16)24-20-12-6-8-15-7-2-3-9-17(15)20/h2-12,16,21-22H,13-14H2,1H3/t16-,21-/m1/s1. The second-order valence-corrected chi connectivity index (χ2v) is 6.18. The molecule has 24 heavy (non-hydrogen) atoms. The summed E-state index contributed by atoms with van der Waals surface area (Å²) in [6, 6.07) is 22.7. The fourth-order valence-corrected chi connectivity index (χ4v) is 3.41. The molecule has 0 amide bonds. The molecule has 0 saturated carbocycles. The molecular formula is C21H21NO2. The molecule has 0 spiro atoms. The van der Waals surface area contributed by atoms with Gasteiger partial charge in [0.2, 0.25) is 0 Å². The third kappa shape index (κ3) is 2.72. The maximum absolute atomic E-state index is 6.54. The van der Waals surface area contributed by atoms with Gasteiger partial charge in [-0.1, -0.05) is 54.6 Å². The Kier molecular flexibility index (Phi) is 4.09. The van der Waals surface area contributed by atoms with Gasteiger partial charge in [-0.05, 0) is 24.6 Å². The number of nitrogens with one attached hydrogen (secondary N) is 1. The molecular weight excluding hydrogens is 298 g/mol. The Morgan fingerprint density at radius 1 is 1.00 bits per heavy atom. The van der Waals surface area contributed by atoms with Gasteiger partial charge in [0.05, 0.1) is 6.61 Å². The topological polar surface area (TPSA) is 30.5 Å². The number of benzene rings is 3. The average Bonchev–Trinajstić information content (AvgIpc) is 2.64. The Balaban J connectivity index is 1.75. The van der Waals surface area contributed by atoms with E-state index in [0.29, 0.717) is 6.61 Å². The van der Waals surface area contributed by atoms with Gasteiger partial charge in [-0.3, -0.25) is 0 Å². The monoisotopic (exact) mass is 319 g/mol. The summed E-state index contributed by atoms with van der Waals surface area (Å²) in [6.45, 7) is 1.51. The molecule has 0 aliphatic carbocycles. The molecule has 0 fully saturated rings. The Bertz CT molecular complexity index is 841. The van der Waals surface area contributed by atoms with Crippen molar-refractivity contribution in [3.05, 3.63) is 72.3 Å². The van der Waals surface area contributed by atoms with Gasteiger partial charge in [-0.15, -0.1) is 0 Å². The van der Waals surface area contributed by atoms with Crippen molar-refractivity contribution in [1.82, 2.24) is 5.32 Å².